The molecule has 0 radical (unpaired) electrons. The number of ketones is 1. The molecular weight excluding hydrogens is 402 g/mol. The quantitative estimate of drug-likeness (QED) is 0.616. The van der Waals surface area contributed by atoms with E-state index in [1.54, 1.807) is 0 Å². The number of nitrogens with one attached hydrogen (secondary N) is 1. The van der Waals surface area contributed by atoms with Crippen molar-refractivity contribution in [3.8, 4) is 11.5 Å². The van der Waals surface area contributed by atoms with Crippen molar-refractivity contribution < 1.29 is 23.4 Å². The minimum atomic E-state index is -3.45. The molecule has 2 aliphatic carbocycles. The van der Waals surface area contributed by atoms with Gasteiger partial charge in [-0.15, -0.1) is 0 Å². The first kappa shape index (κ1) is 23.1. The van der Waals surface area contributed by atoms with Gasteiger partial charge in [-0.3, -0.25) is 4.79 Å². The predicted molar refractivity (Wildman–Crippen MR) is 117 cm³/mol. The van der Waals surface area contributed by atoms with Gasteiger partial charge in [0, 0.05) is 23.6 Å². The van der Waals surface area contributed by atoms with Crippen LogP contribution in [0.5, 0.6) is 11.5 Å². The second-order valence-corrected chi connectivity index (χ2v) is 12.4. The van der Waals surface area contributed by atoms with Crippen molar-refractivity contribution in [1.29, 1.82) is 0 Å². The maximum absolute atomic E-state index is 13.8. The Kier molecular flexibility index (Phi) is 5.56. The first-order valence-corrected chi connectivity index (χ1v) is 12.5. The van der Waals surface area contributed by atoms with E-state index in [0.717, 1.165) is 25.5 Å². The molecule has 6 nitrogen and oxygen atoms in total. The molecule has 0 unspecified atom stereocenters. The zero-order valence-electron chi connectivity index (χ0n) is 18.8. The van der Waals surface area contributed by atoms with E-state index < -0.39 is 15.9 Å². The molecule has 30 heavy (non-hydrogen) atoms. The van der Waals surface area contributed by atoms with Gasteiger partial charge in [0.25, 0.3) is 0 Å². The van der Waals surface area contributed by atoms with E-state index in [-0.39, 0.29) is 51.1 Å². The van der Waals surface area contributed by atoms with E-state index in [4.69, 9.17) is 0 Å². The van der Waals surface area contributed by atoms with Gasteiger partial charge in [0.1, 0.15) is 11.5 Å². The van der Waals surface area contributed by atoms with Crippen LogP contribution in [0, 0.1) is 28.1 Å². The number of phenols is 2. The summed E-state index contributed by atoms with van der Waals surface area (Å²) >= 11 is 0. The number of hydrogen-bond donors (Lipinski definition) is 3. The summed E-state index contributed by atoms with van der Waals surface area (Å²) in [6, 6.07) is 3.61. The van der Waals surface area contributed by atoms with Crippen molar-refractivity contribution in [3.63, 3.8) is 0 Å². The standard InChI is InChI=1S/C23H35NO5S/c1-14-18(24-30(6,28)29)13-23(5)21(2,3)8-7-9-22(23,4)19(14)20(27)15-10-16(25)12-17(26)11-15/h10-12,14,18-19,24-26H,7-9,13H2,1-6H3/t14-,18-,19-,22-,23+/m1/s1. The van der Waals surface area contributed by atoms with E-state index in [9.17, 15) is 23.4 Å². The van der Waals surface area contributed by atoms with Crippen LogP contribution in [0.1, 0.15) is 70.7 Å². The molecule has 3 N–H and O–H groups in total. The second kappa shape index (κ2) is 7.23. The lowest BCUT2D eigenvalue weighted by molar-refractivity contribution is -0.162. The minimum absolute atomic E-state index is 0.0724. The van der Waals surface area contributed by atoms with Gasteiger partial charge in [0.05, 0.1) is 6.26 Å². The van der Waals surface area contributed by atoms with Crippen molar-refractivity contribution in [2.24, 2.45) is 28.1 Å². The third-order valence-electron chi connectivity index (χ3n) is 8.56. The zero-order valence-corrected chi connectivity index (χ0v) is 19.6. The third-order valence-corrected chi connectivity index (χ3v) is 9.29. The molecule has 0 aliphatic heterocycles. The fourth-order valence-corrected chi connectivity index (χ4v) is 7.39. The molecular formula is C23H35NO5S. The topological polar surface area (TPSA) is 104 Å². The van der Waals surface area contributed by atoms with Crippen LogP contribution in [0.4, 0.5) is 0 Å². The number of rotatable bonds is 4. The normalized spacial score (nSPS) is 36.1. The second-order valence-electron chi connectivity index (χ2n) is 10.6. The van der Waals surface area contributed by atoms with Crippen LogP contribution < -0.4 is 4.72 Å². The fourth-order valence-electron chi connectivity index (χ4n) is 6.54. The van der Waals surface area contributed by atoms with Crippen LogP contribution in [-0.2, 0) is 10.0 Å². The molecule has 168 valence electrons. The Morgan fingerprint density at radius 1 is 1.07 bits per heavy atom. The highest BCUT2D eigenvalue weighted by Gasteiger charge is 2.65. The van der Waals surface area contributed by atoms with E-state index >= 15 is 0 Å². The number of carbonyl (C=O) groups excluding carboxylic acids is 1. The Hall–Kier alpha value is -1.60. The van der Waals surface area contributed by atoms with Crippen molar-refractivity contribution in [1.82, 2.24) is 4.72 Å². The van der Waals surface area contributed by atoms with Crippen molar-refractivity contribution >= 4 is 15.8 Å². The summed E-state index contributed by atoms with van der Waals surface area (Å²) in [4.78, 5) is 13.8. The summed E-state index contributed by atoms with van der Waals surface area (Å²) in [5, 5.41) is 19.9. The van der Waals surface area contributed by atoms with Gasteiger partial charge in [0.2, 0.25) is 10.0 Å². The van der Waals surface area contributed by atoms with Crippen LogP contribution in [0.2, 0.25) is 0 Å². The van der Waals surface area contributed by atoms with Crippen LogP contribution in [0.25, 0.3) is 0 Å². The maximum Gasteiger partial charge on any atom is 0.208 e. The fraction of sp³-hybridized carbons (Fsp3) is 0.696. The van der Waals surface area contributed by atoms with Crippen molar-refractivity contribution in [3.05, 3.63) is 23.8 Å². The summed E-state index contributed by atoms with van der Waals surface area (Å²) in [6.07, 6.45) is 4.73. The van der Waals surface area contributed by atoms with Gasteiger partial charge >= 0.3 is 0 Å². The summed E-state index contributed by atoms with van der Waals surface area (Å²) in [7, 11) is -3.45. The SMILES string of the molecule is C[C@@H]1[C@H](NS(C)(=O)=O)C[C@@]2(C)C(C)(C)CCC[C@]2(C)[C@H]1C(=O)c1cc(O)cc(O)c1. The van der Waals surface area contributed by atoms with E-state index in [1.165, 1.54) is 18.2 Å². The van der Waals surface area contributed by atoms with Gasteiger partial charge in [0.15, 0.2) is 5.78 Å². The van der Waals surface area contributed by atoms with Gasteiger partial charge < -0.3 is 10.2 Å². The van der Waals surface area contributed by atoms with E-state index in [0.29, 0.717) is 6.42 Å². The number of fused-ring (bicyclic) bond motifs is 1. The highest BCUT2D eigenvalue weighted by molar-refractivity contribution is 7.88. The van der Waals surface area contributed by atoms with Gasteiger partial charge in [-0.2, -0.15) is 0 Å². The summed E-state index contributed by atoms with van der Waals surface area (Å²) in [5.41, 5.74) is -0.429. The molecule has 7 heteroatoms. The molecule has 1 aromatic rings. The Morgan fingerprint density at radius 2 is 1.63 bits per heavy atom. The molecule has 0 heterocycles. The Labute approximate surface area is 180 Å². The summed E-state index contributed by atoms with van der Waals surface area (Å²) < 4.78 is 27.0. The van der Waals surface area contributed by atoms with Crippen molar-refractivity contribution in [2.75, 3.05) is 6.26 Å². The lowest BCUT2D eigenvalue weighted by Crippen LogP contribution is -2.65. The smallest absolute Gasteiger partial charge is 0.208 e. The van der Waals surface area contributed by atoms with E-state index in [2.05, 4.69) is 32.4 Å². The van der Waals surface area contributed by atoms with Crippen LogP contribution in [0.15, 0.2) is 18.2 Å². The largest absolute Gasteiger partial charge is 0.508 e. The lowest BCUT2D eigenvalue weighted by atomic mass is 9.38. The number of phenolic OH excluding ortho intramolecular Hbond substituents is 2. The molecule has 3 rings (SSSR count). The van der Waals surface area contributed by atoms with Crippen LogP contribution >= 0.6 is 0 Å². The average molecular weight is 438 g/mol. The molecule has 0 spiro atoms. The molecule has 5 atom stereocenters. The monoisotopic (exact) mass is 437 g/mol. The average Bonchev–Trinajstić information content (AvgIpc) is 2.56. The molecule has 0 aromatic heterocycles. The number of sulfonamides is 1. The van der Waals surface area contributed by atoms with Crippen LogP contribution in [-0.4, -0.2) is 36.7 Å². The minimum Gasteiger partial charge on any atom is -0.508 e. The number of aromatic hydroxyl groups is 2. The first-order valence-electron chi connectivity index (χ1n) is 10.7. The molecule has 2 fully saturated rings. The molecule has 0 amide bonds. The number of benzene rings is 1. The van der Waals surface area contributed by atoms with Crippen LogP contribution in [0.3, 0.4) is 0 Å². The van der Waals surface area contributed by atoms with Gasteiger partial charge in [-0.05, 0) is 53.6 Å². The molecule has 0 saturated heterocycles. The molecule has 2 saturated carbocycles. The van der Waals surface area contributed by atoms with Gasteiger partial charge in [-0.1, -0.05) is 41.0 Å². The molecule has 0 bridgehead atoms. The predicted octanol–water partition coefficient (Wildman–Crippen LogP) is 4.08. The zero-order chi connectivity index (χ0) is 22.7. The Balaban J connectivity index is 2.17. The lowest BCUT2D eigenvalue weighted by Gasteiger charge is -2.67. The number of Topliss-reactive ketones (excluding diaryl/α,β-unsaturated/α-hetero) is 1. The van der Waals surface area contributed by atoms with E-state index in [1.807, 2.05) is 6.92 Å². The van der Waals surface area contributed by atoms with Crippen molar-refractivity contribution in [2.45, 2.75) is 66.3 Å². The third kappa shape index (κ3) is 3.64. The Morgan fingerprint density at radius 3 is 2.17 bits per heavy atom. The maximum atomic E-state index is 13.8. The first-order chi connectivity index (χ1) is 13.6. The Bertz CT molecular complexity index is 936. The molecule has 1 aromatic carbocycles. The highest BCUT2D eigenvalue weighted by atomic mass is 32.2. The number of carbonyl (C=O) groups is 1. The highest BCUT2D eigenvalue weighted by Crippen LogP contribution is 2.69. The molecule has 2 aliphatic rings. The number of hydrogen-bond acceptors (Lipinski definition) is 5. The van der Waals surface area contributed by atoms with Gasteiger partial charge in [-0.25, -0.2) is 13.1 Å². The summed E-state index contributed by atoms with van der Waals surface area (Å²) in [5.74, 6) is -1.16. The summed E-state index contributed by atoms with van der Waals surface area (Å²) in [6.45, 7) is 10.8.